The van der Waals surface area contributed by atoms with Gasteiger partial charge < -0.3 is 9.72 Å². The first-order valence-electron chi connectivity index (χ1n) is 9.16. The van der Waals surface area contributed by atoms with Crippen molar-refractivity contribution in [3.8, 4) is 0 Å². The van der Waals surface area contributed by atoms with E-state index in [0.717, 1.165) is 38.8 Å². The van der Waals surface area contributed by atoms with E-state index in [-0.39, 0.29) is 17.9 Å². The highest BCUT2D eigenvalue weighted by Gasteiger charge is 2.46. The summed E-state index contributed by atoms with van der Waals surface area (Å²) in [4.78, 5) is 18.8. The van der Waals surface area contributed by atoms with Gasteiger partial charge in [-0.3, -0.25) is 9.69 Å². The molecular weight excluding hydrogens is 300 g/mol. The van der Waals surface area contributed by atoms with E-state index in [9.17, 15) is 4.79 Å². The monoisotopic (exact) mass is 326 g/mol. The molecule has 0 spiro atoms. The van der Waals surface area contributed by atoms with Gasteiger partial charge in [0.1, 0.15) is 0 Å². The highest BCUT2D eigenvalue weighted by atomic mass is 16.5. The lowest BCUT2D eigenvalue weighted by molar-refractivity contribution is -0.154. The zero-order valence-corrected chi connectivity index (χ0v) is 14.5. The Kier molecular flexibility index (Phi) is 4.09. The second kappa shape index (κ2) is 6.25. The van der Waals surface area contributed by atoms with Gasteiger partial charge in [0.05, 0.1) is 19.1 Å². The number of nitrogens with one attached hydrogen (secondary N) is 1. The highest BCUT2D eigenvalue weighted by molar-refractivity contribution is 5.85. The van der Waals surface area contributed by atoms with Gasteiger partial charge in [0.15, 0.2) is 0 Å². The van der Waals surface area contributed by atoms with Gasteiger partial charge >= 0.3 is 5.97 Å². The Labute approximate surface area is 143 Å². The Morgan fingerprint density at radius 1 is 1.33 bits per heavy atom. The van der Waals surface area contributed by atoms with Gasteiger partial charge in [0, 0.05) is 23.1 Å². The molecular formula is C20H26N2O2. The van der Waals surface area contributed by atoms with Crippen LogP contribution in [0.2, 0.25) is 0 Å². The van der Waals surface area contributed by atoms with E-state index in [1.165, 1.54) is 29.3 Å². The topological polar surface area (TPSA) is 45.3 Å². The maximum absolute atomic E-state index is 12.7. The number of carbonyl (C=O) groups is 1. The van der Waals surface area contributed by atoms with E-state index in [1.807, 2.05) is 0 Å². The summed E-state index contributed by atoms with van der Waals surface area (Å²) < 4.78 is 5.22. The molecule has 0 amide bonds. The fourth-order valence-electron chi connectivity index (χ4n) is 4.90. The normalized spacial score (nSPS) is 26.8. The number of ether oxygens (including phenoxy) is 1. The number of aromatic nitrogens is 1. The molecule has 0 aliphatic carbocycles. The molecule has 1 N–H and O–H groups in total. The number of rotatable bonds is 3. The van der Waals surface area contributed by atoms with Crippen LogP contribution in [0.1, 0.15) is 43.5 Å². The molecule has 0 radical (unpaired) electrons. The molecule has 0 saturated carbocycles. The van der Waals surface area contributed by atoms with Gasteiger partial charge in [0.2, 0.25) is 0 Å². The number of hydrogen-bond donors (Lipinski definition) is 1. The molecule has 1 aromatic heterocycles. The van der Waals surface area contributed by atoms with Crippen molar-refractivity contribution in [3.63, 3.8) is 0 Å². The summed E-state index contributed by atoms with van der Waals surface area (Å²) in [5, 5.41) is 1.31. The molecule has 4 nitrogen and oxygen atoms in total. The van der Waals surface area contributed by atoms with Crippen molar-refractivity contribution in [1.82, 2.24) is 9.88 Å². The molecule has 1 fully saturated rings. The average Bonchev–Trinajstić information content (AvgIpc) is 3.00. The van der Waals surface area contributed by atoms with E-state index in [4.69, 9.17) is 4.74 Å². The van der Waals surface area contributed by atoms with Crippen molar-refractivity contribution in [2.24, 2.45) is 11.8 Å². The van der Waals surface area contributed by atoms with E-state index in [1.54, 1.807) is 0 Å². The van der Waals surface area contributed by atoms with Crippen molar-refractivity contribution in [2.45, 2.75) is 38.6 Å². The number of hydrogen-bond acceptors (Lipinski definition) is 3. The molecule has 2 aromatic rings. The average molecular weight is 326 g/mol. The number of piperidine rings is 1. The van der Waals surface area contributed by atoms with Gasteiger partial charge in [0.25, 0.3) is 0 Å². The van der Waals surface area contributed by atoms with Gasteiger partial charge in [-0.25, -0.2) is 0 Å². The zero-order chi connectivity index (χ0) is 16.7. The van der Waals surface area contributed by atoms with Crippen LogP contribution in [-0.2, 0) is 16.0 Å². The molecule has 4 rings (SSSR count). The zero-order valence-electron chi connectivity index (χ0n) is 14.5. The molecule has 0 bridgehead atoms. The third kappa shape index (κ3) is 2.35. The smallest absolute Gasteiger partial charge is 0.310 e. The van der Waals surface area contributed by atoms with Crippen molar-refractivity contribution in [3.05, 3.63) is 35.5 Å². The van der Waals surface area contributed by atoms with Crippen molar-refractivity contribution in [1.29, 1.82) is 0 Å². The molecule has 2 aliphatic heterocycles. The second-order valence-corrected chi connectivity index (χ2v) is 7.18. The number of H-pyrrole nitrogens is 1. The van der Waals surface area contributed by atoms with Crippen LogP contribution < -0.4 is 0 Å². The van der Waals surface area contributed by atoms with Crippen LogP contribution in [0, 0.1) is 11.8 Å². The molecule has 4 heteroatoms. The molecule has 1 saturated heterocycles. The number of para-hydroxylation sites is 1. The maximum Gasteiger partial charge on any atom is 0.310 e. The fourth-order valence-corrected chi connectivity index (χ4v) is 4.90. The first kappa shape index (κ1) is 15.7. The summed E-state index contributed by atoms with van der Waals surface area (Å²) >= 11 is 0. The predicted molar refractivity (Wildman–Crippen MR) is 94.8 cm³/mol. The lowest BCUT2D eigenvalue weighted by Crippen LogP contribution is -2.49. The number of methoxy groups -OCH3 is 1. The first-order valence-corrected chi connectivity index (χ1v) is 9.16. The first-order chi connectivity index (χ1) is 11.7. The summed E-state index contributed by atoms with van der Waals surface area (Å²) in [6, 6.07) is 8.64. The van der Waals surface area contributed by atoms with Crippen LogP contribution in [0.3, 0.4) is 0 Å². The maximum atomic E-state index is 12.7. The SMILES string of the molecule is CCC[C@@H]1CCN2CCc3c([nH]c4ccccc34)[C@H]2[C@H]1C(=O)OC. The summed E-state index contributed by atoms with van der Waals surface area (Å²) in [6.45, 7) is 4.32. The minimum Gasteiger partial charge on any atom is -0.469 e. The lowest BCUT2D eigenvalue weighted by atomic mass is 9.74. The lowest BCUT2D eigenvalue weighted by Gasteiger charge is -2.46. The number of fused-ring (bicyclic) bond motifs is 5. The van der Waals surface area contributed by atoms with Gasteiger partial charge in [-0.1, -0.05) is 31.5 Å². The predicted octanol–water partition coefficient (Wildman–Crippen LogP) is 3.68. The molecule has 3 heterocycles. The van der Waals surface area contributed by atoms with Crippen molar-refractivity contribution in [2.75, 3.05) is 20.2 Å². The molecule has 1 aromatic carbocycles. The Morgan fingerprint density at radius 2 is 2.17 bits per heavy atom. The number of aromatic amines is 1. The third-order valence-electron chi connectivity index (χ3n) is 5.95. The van der Waals surface area contributed by atoms with Crippen LogP contribution in [-0.4, -0.2) is 36.1 Å². The van der Waals surface area contributed by atoms with Crippen LogP contribution in [0.15, 0.2) is 24.3 Å². The number of benzene rings is 1. The minimum atomic E-state index is -0.0594. The number of carbonyl (C=O) groups excluding carboxylic acids is 1. The van der Waals surface area contributed by atoms with Crippen LogP contribution >= 0.6 is 0 Å². The Hall–Kier alpha value is -1.81. The highest BCUT2D eigenvalue weighted by Crippen LogP contribution is 2.46. The summed E-state index contributed by atoms with van der Waals surface area (Å²) in [7, 11) is 1.53. The van der Waals surface area contributed by atoms with Crippen molar-refractivity contribution < 1.29 is 9.53 Å². The van der Waals surface area contributed by atoms with E-state index in [0.29, 0.717) is 5.92 Å². The van der Waals surface area contributed by atoms with E-state index in [2.05, 4.69) is 41.1 Å². The molecule has 2 aliphatic rings. The molecule has 24 heavy (non-hydrogen) atoms. The third-order valence-corrected chi connectivity index (χ3v) is 5.95. The van der Waals surface area contributed by atoms with Gasteiger partial charge in [-0.05, 0) is 43.4 Å². The summed E-state index contributed by atoms with van der Waals surface area (Å²) in [6.07, 6.45) is 4.37. The Morgan fingerprint density at radius 3 is 2.96 bits per heavy atom. The largest absolute Gasteiger partial charge is 0.469 e. The van der Waals surface area contributed by atoms with Crippen LogP contribution in [0.5, 0.6) is 0 Å². The quantitative estimate of drug-likeness (QED) is 0.875. The summed E-state index contributed by atoms with van der Waals surface area (Å²) in [5.41, 5.74) is 3.84. The fraction of sp³-hybridized carbons (Fsp3) is 0.550. The minimum absolute atomic E-state index is 0.0466. The second-order valence-electron chi connectivity index (χ2n) is 7.18. The number of esters is 1. The van der Waals surface area contributed by atoms with Crippen LogP contribution in [0.4, 0.5) is 0 Å². The Balaban J connectivity index is 1.82. The van der Waals surface area contributed by atoms with Crippen molar-refractivity contribution >= 4 is 16.9 Å². The van der Waals surface area contributed by atoms with Gasteiger partial charge in [-0.2, -0.15) is 0 Å². The summed E-state index contributed by atoms with van der Waals surface area (Å²) in [5.74, 6) is 0.312. The molecule has 3 atom stereocenters. The van der Waals surface area contributed by atoms with Crippen LogP contribution in [0.25, 0.3) is 10.9 Å². The van der Waals surface area contributed by atoms with Gasteiger partial charge in [-0.15, -0.1) is 0 Å². The van der Waals surface area contributed by atoms with E-state index >= 15 is 0 Å². The van der Waals surface area contributed by atoms with E-state index < -0.39 is 0 Å². The number of nitrogens with zero attached hydrogens (tertiary/aromatic N) is 1. The Bertz CT molecular complexity index is 751. The molecule has 128 valence electrons. The molecule has 0 unspecified atom stereocenters. The standard InChI is InChI=1S/C20H26N2O2/c1-3-6-13-9-11-22-12-10-15-14-7-4-5-8-16(14)21-18(15)19(22)17(13)20(23)24-2/h4-5,7-8,13,17,19,21H,3,6,9-12H2,1-2H3/t13-,17+,19-/m1/s1.